The topological polar surface area (TPSA) is 72.0 Å². The van der Waals surface area contributed by atoms with Gasteiger partial charge >= 0.3 is 5.97 Å². The van der Waals surface area contributed by atoms with E-state index >= 15 is 0 Å². The minimum Gasteiger partial charge on any atom is -0.465 e. The Kier molecular flexibility index (Phi) is 6.35. The highest BCUT2D eigenvalue weighted by molar-refractivity contribution is 6.30. The molecule has 0 aliphatic heterocycles. The van der Waals surface area contributed by atoms with Gasteiger partial charge in [0.2, 0.25) is 0 Å². The van der Waals surface area contributed by atoms with E-state index in [4.69, 9.17) is 16.3 Å². The van der Waals surface area contributed by atoms with Gasteiger partial charge in [-0.25, -0.2) is 4.79 Å². The molecule has 0 saturated heterocycles. The number of carbonyl (C=O) groups excluding carboxylic acids is 2. The van der Waals surface area contributed by atoms with Crippen LogP contribution in [0.25, 0.3) is 0 Å². The zero-order valence-electron chi connectivity index (χ0n) is 13.6. The van der Waals surface area contributed by atoms with Crippen LogP contribution >= 0.6 is 11.6 Å². The van der Waals surface area contributed by atoms with Crippen LogP contribution in [-0.2, 0) is 9.53 Å². The predicted octanol–water partition coefficient (Wildman–Crippen LogP) is 2.39. The number of rotatable bonds is 6. The van der Waals surface area contributed by atoms with E-state index in [9.17, 15) is 9.59 Å². The lowest BCUT2D eigenvalue weighted by Crippen LogP contribution is -2.86. The molecule has 1 amide bonds. The van der Waals surface area contributed by atoms with Crippen LogP contribution in [-0.4, -0.2) is 25.5 Å². The van der Waals surface area contributed by atoms with Gasteiger partial charge in [-0.2, -0.15) is 0 Å². The Labute approximate surface area is 146 Å². The summed E-state index contributed by atoms with van der Waals surface area (Å²) < 4.78 is 4.72. The molecule has 0 radical (unpaired) electrons. The monoisotopic (exact) mass is 347 g/mol. The van der Waals surface area contributed by atoms with Crippen LogP contribution in [0.2, 0.25) is 5.02 Å². The maximum absolute atomic E-state index is 12.2. The van der Waals surface area contributed by atoms with Gasteiger partial charge in [0.25, 0.3) is 5.91 Å². The highest BCUT2D eigenvalue weighted by Gasteiger charge is 2.15. The molecule has 0 bridgehead atoms. The van der Waals surface area contributed by atoms with Crippen LogP contribution in [0.3, 0.4) is 0 Å². The zero-order valence-corrected chi connectivity index (χ0v) is 14.3. The predicted molar refractivity (Wildman–Crippen MR) is 93.1 cm³/mol. The number of hydrogen-bond acceptors (Lipinski definition) is 3. The second-order valence-electron chi connectivity index (χ2n) is 5.37. The maximum atomic E-state index is 12.2. The van der Waals surface area contributed by atoms with Crippen molar-refractivity contribution in [2.75, 3.05) is 19.0 Å². The molecule has 126 valence electrons. The van der Waals surface area contributed by atoms with Crippen molar-refractivity contribution in [3.05, 3.63) is 64.7 Å². The van der Waals surface area contributed by atoms with Gasteiger partial charge in [0.1, 0.15) is 6.04 Å². The van der Waals surface area contributed by atoms with Gasteiger partial charge in [-0.1, -0.05) is 35.9 Å². The van der Waals surface area contributed by atoms with Crippen molar-refractivity contribution in [2.45, 2.75) is 13.0 Å². The average Bonchev–Trinajstić information content (AvgIpc) is 2.59. The molecule has 5 nitrogen and oxygen atoms in total. The van der Waals surface area contributed by atoms with E-state index in [1.54, 1.807) is 24.3 Å². The number of hydrogen-bond donors (Lipinski definition) is 2. The number of anilines is 1. The summed E-state index contributed by atoms with van der Waals surface area (Å²) in [4.78, 5) is 23.9. The number of benzene rings is 2. The second-order valence-corrected chi connectivity index (χ2v) is 5.81. The number of nitrogens with one attached hydrogen (secondary N) is 1. The number of halogens is 1. The molecule has 0 fully saturated rings. The van der Waals surface area contributed by atoms with Crippen LogP contribution in [0.4, 0.5) is 5.69 Å². The molecule has 1 atom stereocenters. The van der Waals surface area contributed by atoms with E-state index in [1.165, 1.54) is 7.11 Å². The minimum absolute atomic E-state index is 0.0882. The number of methoxy groups -OCH3 is 1. The lowest BCUT2D eigenvalue weighted by molar-refractivity contribution is -0.682. The standard InChI is InChI=1S/C18H19ClN2O3/c1-12(13-6-5-7-14(19)10-13)20-11-17(22)21-16-9-4-3-8-15(16)18(23)24-2/h3-10,12,20H,11H2,1-2H3,(H,21,22)/p+1/t12-/m1/s1. The van der Waals surface area contributed by atoms with Gasteiger partial charge < -0.3 is 15.4 Å². The first-order valence-electron chi connectivity index (χ1n) is 7.57. The van der Waals surface area contributed by atoms with Crippen molar-refractivity contribution >= 4 is 29.2 Å². The maximum Gasteiger partial charge on any atom is 0.339 e. The number of para-hydroxylation sites is 1. The highest BCUT2D eigenvalue weighted by atomic mass is 35.5. The van der Waals surface area contributed by atoms with Crippen molar-refractivity contribution < 1.29 is 19.6 Å². The van der Waals surface area contributed by atoms with Crippen molar-refractivity contribution in [3.8, 4) is 0 Å². The lowest BCUT2D eigenvalue weighted by atomic mass is 10.1. The summed E-state index contributed by atoms with van der Waals surface area (Å²) >= 11 is 5.98. The first-order valence-corrected chi connectivity index (χ1v) is 7.95. The molecule has 0 heterocycles. The number of carbonyl (C=O) groups is 2. The molecular formula is C18H20ClN2O3+. The Bertz CT molecular complexity index is 734. The Hall–Kier alpha value is -2.37. The third kappa shape index (κ3) is 4.81. The fraction of sp³-hybridized carbons (Fsp3) is 0.222. The minimum atomic E-state index is -0.484. The SMILES string of the molecule is COC(=O)c1ccccc1NC(=O)C[NH2+][C@H](C)c1cccc(Cl)c1. The van der Waals surface area contributed by atoms with E-state index < -0.39 is 5.97 Å². The molecule has 24 heavy (non-hydrogen) atoms. The Balaban J connectivity index is 1.96. The van der Waals surface area contributed by atoms with Crippen LogP contribution in [0.15, 0.2) is 48.5 Å². The molecule has 0 aliphatic rings. The van der Waals surface area contributed by atoms with Gasteiger partial charge in [0.05, 0.1) is 18.4 Å². The molecule has 2 aromatic carbocycles. The van der Waals surface area contributed by atoms with Crippen LogP contribution in [0, 0.1) is 0 Å². The smallest absolute Gasteiger partial charge is 0.339 e. The molecule has 3 N–H and O–H groups in total. The van der Waals surface area contributed by atoms with Crippen molar-refractivity contribution in [3.63, 3.8) is 0 Å². The summed E-state index contributed by atoms with van der Waals surface area (Å²) in [5, 5.41) is 5.32. The number of amides is 1. The average molecular weight is 348 g/mol. The molecule has 0 unspecified atom stereocenters. The molecule has 6 heteroatoms. The van der Waals surface area contributed by atoms with Crippen molar-refractivity contribution in [2.24, 2.45) is 0 Å². The van der Waals surface area contributed by atoms with E-state index in [0.29, 0.717) is 16.3 Å². The third-order valence-electron chi connectivity index (χ3n) is 3.64. The summed E-state index contributed by atoms with van der Waals surface area (Å²) in [6.45, 7) is 2.23. The van der Waals surface area contributed by atoms with E-state index in [0.717, 1.165) is 5.56 Å². The first-order chi connectivity index (χ1) is 11.5. The van der Waals surface area contributed by atoms with Gasteiger partial charge in [-0.3, -0.25) is 4.79 Å². The summed E-state index contributed by atoms with van der Waals surface area (Å²) in [5.41, 5.74) is 1.82. The molecule has 0 aliphatic carbocycles. The summed E-state index contributed by atoms with van der Waals surface area (Å²) in [6.07, 6.45) is 0. The Morgan fingerprint density at radius 3 is 2.67 bits per heavy atom. The zero-order chi connectivity index (χ0) is 17.5. The molecule has 2 aromatic rings. The number of quaternary nitrogens is 1. The highest BCUT2D eigenvalue weighted by Crippen LogP contribution is 2.16. The summed E-state index contributed by atoms with van der Waals surface area (Å²) in [7, 11) is 1.31. The normalized spacial score (nSPS) is 11.6. The number of nitrogens with two attached hydrogens (primary N) is 1. The Morgan fingerprint density at radius 1 is 1.21 bits per heavy atom. The fourth-order valence-corrected chi connectivity index (χ4v) is 2.49. The van der Waals surface area contributed by atoms with E-state index in [-0.39, 0.29) is 18.5 Å². The third-order valence-corrected chi connectivity index (χ3v) is 3.87. The van der Waals surface area contributed by atoms with Gasteiger partial charge in [0, 0.05) is 10.6 Å². The molecular weight excluding hydrogens is 328 g/mol. The van der Waals surface area contributed by atoms with Gasteiger partial charge in [-0.15, -0.1) is 0 Å². The quantitative estimate of drug-likeness (QED) is 0.788. The van der Waals surface area contributed by atoms with E-state index in [1.807, 2.05) is 36.5 Å². The number of ether oxygens (including phenoxy) is 1. The Morgan fingerprint density at radius 2 is 1.96 bits per heavy atom. The van der Waals surface area contributed by atoms with Crippen LogP contribution in [0.5, 0.6) is 0 Å². The molecule has 0 spiro atoms. The fourth-order valence-electron chi connectivity index (χ4n) is 2.29. The molecule has 2 rings (SSSR count). The first kappa shape index (κ1) is 18.0. The molecule has 0 saturated carbocycles. The largest absolute Gasteiger partial charge is 0.465 e. The number of esters is 1. The molecule has 0 aromatic heterocycles. The van der Waals surface area contributed by atoms with Crippen molar-refractivity contribution in [1.29, 1.82) is 0 Å². The second kappa shape index (κ2) is 8.47. The summed E-state index contributed by atoms with van der Waals surface area (Å²) in [5.74, 6) is -0.678. The van der Waals surface area contributed by atoms with Gasteiger partial charge in [-0.05, 0) is 31.2 Å². The van der Waals surface area contributed by atoms with Crippen molar-refractivity contribution in [1.82, 2.24) is 0 Å². The van der Waals surface area contributed by atoms with E-state index in [2.05, 4.69) is 5.32 Å². The summed E-state index contributed by atoms with van der Waals surface area (Å²) in [6, 6.07) is 14.4. The van der Waals surface area contributed by atoms with Crippen LogP contribution in [0.1, 0.15) is 28.9 Å². The van der Waals surface area contributed by atoms with Crippen LogP contribution < -0.4 is 10.6 Å². The van der Waals surface area contributed by atoms with Gasteiger partial charge in [0.15, 0.2) is 6.54 Å². The lowest BCUT2D eigenvalue weighted by Gasteiger charge is -2.12.